The molecule has 0 aliphatic heterocycles. The second-order valence-electron chi connectivity index (χ2n) is 5.79. The molecule has 2 rings (SSSR count). The number of sulfonamides is 1. The van der Waals surface area contributed by atoms with Crippen molar-refractivity contribution in [3.8, 4) is 5.75 Å². The summed E-state index contributed by atoms with van der Waals surface area (Å²) in [6.07, 6.45) is 0. The third kappa shape index (κ3) is 4.49. The van der Waals surface area contributed by atoms with E-state index in [2.05, 4.69) is 10.1 Å². The molecule has 8 nitrogen and oxygen atoms in total. The van der Waals surface area contributed by atoms with Crippen molar-refractivity contribution in [3.63, 3.8) is 0 Å². The molecule has 28 heavy (non-hydrogen) atoms. The average Bonchev–Trinajstić information content (AvgIpc) is 2.69. The number of nitrogens with one attached hydrogen (secondary N) is 1. The molecule has 0 radical (unpaired) electrons. The van der Waals surface area contributed by atoms with Crippen molar-refractivity contribution in [1.29, 1.82) is 0 Å². The predicted molar refractivity (Wildman–Crippen MR) is 104 cm³/mol. The number of carbonyl (C=O) groups is 2. The zero-order chi connectivity index (χ0) is 20.9. The first kappa shape index (κ1) is 21.4. The Kier molecular flexibility index (Phi) is 6.76. The fourth-order valence-electron chi connectivity index (χ4n) is 2.56. The Morgan fingerprint density at radius 2 is 1.61 bits per heavy atom. The number of benzene rings is 2. The van der Waals surface area contributed by atoms with Gasteiger partial charge in [0.2, 0.25) is 10.0 Å². The van der Waals surface area contributed by atoms with Gasteiger partial charge in [-0.25, -0.2) is 13.2 Å². The van der Waals surface area contributed by atoms with Crippen molar-refractivity contribution in [1.82, 2.24) is 4.31 Å². The molecule has 0 saturated carbocycles. The minimum Gasteiger partial charge on any atom is -0.506 e. The molecule has 0 bridgehead atoms. The fraction of sp³-hybridized carbons (Fsp3) is 0.263. The number of rotatable bonds is 7. The van der Waals surface area contributed by atoms with E-state index in [4.69, 9.17) is 0 Å². The Balaban J connectivity index is 2.29. The van der Waals surface area contributed by atoms with Gasteiger partial charge in [-0.2, -0.15) is 4.31 Å². The van der Waals surface area contributed by atoms with Gasteiger partial charge in [0.25, 0.3) is 5.91 Å². The minimum atomic E-state index is -3.74. The number of hydrogen-bond donors (Lipinski definition) is 2. The molecule has 0 saturated heterocycles. The Morgan fingerprint density at radius 3 is 2.14 bits per heavy atom. The summed E-state index contributed by atoms with van der Waals surface area (Å²) in [7, 11) is -2.48. The van der Waals surface area contributed by atoms with Crippen LogP contribution in [0, 0.1) is 0 Å². The largest absolute Gasteiger partial charge is 0.506 e. The summed E-state index contributed by atoms with van der Waals surface area (Å²) in [5.41, 5.74) is 0.480. The molecule has 150 valence electrons. The van der Waals surface area contributed by atoms with Crippen LogP contribution in [0.1, 0.15) is 34.6 Å². The summed E-state index contributed by atoms with van der Waals surface area (Å²) in [6.45, 7) is 4.05. The van der Waals surface area contributed by atoms with E-state index in [0.717, 1.165) is 0 Å². The molecule has 0 unspecified atom stereocenters. The molecule has 0 heterocycles. The maximum absolute atomic E-state index is 12.6. The predicted octanol–water partition coefficient (Wildman–Crippen LogP) is 2.46. The normalized spacial score (nSPS) is 11.3. The second-order valence-corrected chi connectivity index (χ2v) is 7.73. The standard InChI is InChI=1S/C19H22N2O6S/c1-4-21(5-2)28(25,26)15-10-11-17(22)16(12-15)20-18(23)13-6-8-14(9-7-13)19(24)27-3/h6-12,22H,4-5H2,1-3H3,(H,20,23). The number of aromatic hydroxyl groups is 1. The smallest absolute Gasteiger partial charge is 0.337 e. The Morgan fingerprint density at radius 1 is 1.04 bits per heavy atom. The molecule has 0 fully saturated rings. The lowest BCUT2D eigenvalue weighted by Gasteiger charge is -2.19. The molecule has 2 aromatic carbocycles. The number of anilines is 1. The molecule has 0 aliphatic carbocycles. The first-order valence-corrected chi connectivity index (χ1v) is 10.0. The van der Waals surface area contributed by atoms with Crippen LogP contribution in [0.15, 0.2) is 47.4 Å². The lowest BCUT2D eigenvalue weighted by atomic mass is 10.1. The van der Waals surface area contributed by atoms with Gasteiger partial charge in [-0.3, -0.25) is 4.79 Å². The summed E-state index contributed by atoms with van der Waals surface area (Å²) < 4.78 is 31.1. The molecule has 0 aromatic heterocycles. The molecule has 9 heteroatoms. The van der Waals surface area contributed by atoms with Gasteiger partial charge in [0.15, 0.2) is 0 Å². The van der Waals surface area contributed by atoms with E-state index >= 15 is 0 Å². The van der Waals surface area contributed by atoms with E-state index < -0.39 is 21.9 Å². The monoisotopic (exact) mass is 406 g/mol. The third-order valence-corrected chi connectivity index (χ3v) is 6.17. The molecule has 2 aromatic rings. The zero-order valence-corrected chi connectivity index (χ0v) is 16.6. The van der Waals surface area contributed by atoms with Gasteiger partial charge >= 0.3 is 5.97 Å². The van der Waals surface area contributed by atoms with Crippen LogP contribution in [0.4, 0.5) is 5.69 Å². The van der Waals surface area contributed by atoms with Crippen LogP contribution in [-0.2, 0) is 14.8 Å². The number of amides is 1. The topological polar surface area (TPSA) is 113 Å². The van der Waals surface area contributed by atoms with Gasteiger partial charge in [0.1, 0.15) is 5.75 Å². The molecule has 2 N–H and O–H groups in total. The number of methoxy groups -OCH3 is 1. The first-order chi connectivity index (χ1) is 13.2. The van der Waals surface area contributed by atoms with Crippen LogP contribution in [0.3, 0.4) is 0 Å². The Labute approximate surface area is 163 Å². The maximum Gasteiger partial charge on any atom is 0.337 e. The fourth-order valence-corrected chi connectivity index (χ4v) is 4.04. The zero-order valence-electron chi connectivity index (χ0n) is 15.8. The van der Waals surface area contributed by atoms with Gasteiger partial charge in [-0.15, -0.1) is 0 Å². The molecule has 0 atom stereocenters. The molecular weight excluding hydrogens is 384 g/mol. The number of phenolic OH excluding ortho intramolecular Hbond substituents is 1. The van der Waals surface area contributed by atoms with E-state index in [-0.39, 0.29) is 27.5 Å². The van der Waals surface area contributed by atoms with Crippen LogP contribution < -0.4 is 5.32 Å². The average molecular weight is 406 g/mol. The highest BCUT2D eigenvalue weighted by molar-refractivity contribution is 7.89. The number of hydrogen-bond acceptors (Lipinski definition) is 6. The van der Waals surface area contributed by atoms with Crippen molar-refractivity contribution < 1.29 is 27.9 Å². The van der Waals surface area contributed by atoms with Crippen LogP contribution in [-0.4, -0.2) is 49.9 Å². The van der Waals surface area contributed by atoms with Crippen molar-refractivity contribution >= 4 is 27.6 Å². The lowest BCUT2D eigenvalue weighted by molar-refractivity contribution is 0.0600. The highest BCUT2D eigenvalue weighted by Gasteiger charge is 2.23. The Bertz CT molecular complexity index is 966. The number of carbonyl (C=O) groups excluding carboxylic acids is 2. The summed E-state index contributed by atoms with van der Waals surface area (Å²) in [6, 6.07) is 9.42. The lowest BCUT2D eigenvalue weighted by Crippen LogP contribution is -2.30. The summed E-state index contributed by atoms with van der Waals surface area (Å²) in [5, 5.41) is 12.5. The number of esters is 1. The second kappa shape index (κ2) is 8.85. The van der Waals surface area contributed by atoms with Crippen molar-refractivity contribution in [2.24, 2.45) is 0 Å². The van der Waals surface area contributed by atoms with Gasteiger partial charge in [0.05, 0.1) is 23.3 Å². The molecular formula is C19H22N2O6S. The molecule has 1 amide bonds. The molecule has 0 aliphatic rings. The van der Waals surface area contributed by atoms with Crippen molar-refractivity contribution in [2.75, 3.05) is 25.5 Å². The van der Waals surface area contributed by atoms with E-state index in [1.54, 1.807) is 13.8 Å². The summed E-state index contributed by atoms with van der Waals surface area (Å²) >= 11 is 0. The van der Waals surface area contributed by atoms with E-state index in [1.165, 1.54) is 53.9 Å². The van der Waals surface area contributed by atoms with E-state index in [1.807, 2.05) is 0 Å². The van der Waals surface area contributed by atoms with E-state index in [0.29, 0.717) is 13.1 Å². The van der Waals surface area contributed by atoms with Crippen LogP contribution in [0.5, 0.6) is 5.75 Å². The van der Waals surface area contributed by atoms with Gasteiger partial charge in [-0.1, -0.05) is 13.8 Å². The first-order valence-electron chi connectivity index (χ1n) is 8.57. The Hall–Kier alpha value is -2.91. The highest BCUT2D eigenvalue weighted by Crippen LogP contribution is 2.28. The van der Waals surface area contributed by atoms with Gasteiger partial charge in [0, 0.05) is 18.7 Å². The summed E-state index contributed by atoms with van der Waals surface area (Å²) in [4.78, 5) is 23.8. The summed E-state index contributed by atoms with van der Waals surface area (Å²) in [5.74, 6) is -1.36. The quantitative estimate of drug-likeness (QED) is 0.539. The number of phenols is 1. The van der Waals surface area contributed by atoms with E-state index in [9.17, 15) is 23.1 Å². The van der Waals surface area contributed by atoms with Gasteiger partial charge < -0.3 is 15.2 Å². The van der Waals surface area contributed by atoms with Crippen LogP contribution in [0.2, 0.25) is 0 Å². The minimum absolute atomic E-state index is 0.0322. The SMILES string of the molecule is CCN(CC)S(=O)(=O)c1ccc(O)c(NC(=O)c2ccc(C(=O)OC)cc2)c1. The number of ether oxygens (including phenoxy) is 1. The third-order valence-electron chi connectivity index (χ3n) is 4.13. The maximum atomic E-state index is 12.6. The van der Waals surface area contributed by atoms with Crippen LogP contribution in [0.25, 0.3) is 0 Å². The van der Waals surface area contributed by atoms with Crippen molar-refractivity contribution in [2.45, 2.75) is 18.7 Å². The molecule has 0 spiro atoms. The highest BCUT2D eigenvalue weighted by atomic mass is 32.2. The van der Waals surface area contributed by atoms with Gasteiger partial charge in [-0.05, 0) is 42.5 Å². The number of nitrogens with zero attached hydrogens (tertiary/aromatic N) is 1. The van der Waals surface area contributed by atoms with Crippen molar-refractivity contribution in [3.05, 3.63) is 53.6 Å². The van der Waals surface area contributed by atoms with Crippen LogP contribution >= 0.6 is 0 Å².